The highest BCUT2D eigenvalue weighted by atomic mass is 14.0. The molecule has 71 valence electrons. The molecule has 0 atom stereocenters. The summed E-state index contributed by atoms with van der Waals surface area (Å²) in [6.45, 7) is 5.95. The highest BCUT2D eigenvalue weighted by Crippen LogP contribution is 2.08. The summed E-state index contributed by atoms with van der Waals surface area (Å²) < 4.78 is 0. The van der Waals surface area contributed by atoms with Crippen LogP contribution in [0.15, 0.2) is 12.7 Å². The molecule has 0 nitrogen and oxygen atoms in total. The van der Waals surface area contributed by atoms with Crippen molar-refractivity contribution < 1.29 is 0 Å². The van der Waals surface area contributed by atoms with E-state index in [0.717, 1.165) is 6.42 Å². The van der Waals surface area contributed by atoms with Gasteiger partial charge in [-0.2, -0.15) is 0 Å². The molecule has 0 saturated carbocycles. The van der Waals surface area contributed by atoms with Gasteiger partial charge in [0.05, 0.1) is 0 Å². The molecule has 0 aliphatic carbocycles. The summed E-state index contributed by atoms with van der Waals surface area (Å²) in [6, 6.07) is 0. The minimum Gasteiger partial charge on any atom is -0.103 e. The fourth-order valence-corrected chi connectivity index (χ4v) is 1.30. The van der Waals surface area contributed by atoms with Crippen molar-refractivity contribution in [3.8, 4) is 0 Å². The van der Waals surface area contributed by atoms with Gasteiger partial charge in [-0.1, -0.05) is 51.5 Å². The van der Waals surface area contributed by atoms with Crippen LogP contribution in [0.25, 0.3) is 0 Å². The van der Waals surface area contributed by atoms with Crippen LogP contribution >= 0.6 is 0 Å². The summed E-state index contributed by atoms with van der Waals surface area (Å²) in [5.74, 6) is 0. The monoisotopic (exact) mass is 167 g/mol. The second-order valence-electron chi connectivity index (χ2n) is 3.37. The quantitative estimate of drug-likeness (QED) is 0.350. The first kappa shape index (κ1) is 11.7. The van der Waals surface area contributed by atoms with Crippen LogP contribution in [-0.2, 0) is 0 Å². The first-order valence-electron chi connectivity index (χ1n) is 5.34. The van der Waals surface area contributed by atoms with E-state index in [2.05, 4.69) is 19.9 Å². The fraction of sp³-hybridized carbons (Fsp3) is 0.750. The molecule has 0 saturated heterocycles. The Morgan fingerprint density at radius 3 is 2.33 bits per heavy atom. The van der Waals surface area contributed by atoms with E-state index < -0.39 is 0 Å². The van der Waals surface area contributed by atoms with Crippen LogP contribution in [-0.4, -0.2) is 0 Å². The summed E-state index contributed by atoms with van der Waals surface area (Å²) in [6.07, 6.45) is 15.1. The van der Waals surface area contributed by atoms with E-state index in [1.165, 1.54) is 44.9 Å². The summed E-state index contributed by atoms with van der Waals surface area (Å²) in [7, 11) is 0. The maximum atomic E-state index is 3.69. The first-order valence-corrected chi connectivity index (χ1v) is 5.34. The summed E-state index contributed by atoms with van der Waals surface area (Å²) >= 11 is 0. The third-order valence-electron chi connectivity index (χ3n) is 2.10. The van der Waals surface area contributed by atoms with Gasteiger partial charge >= 0.3 is 0 Å². The molecule has 0 aromatic carbocycles. The zero-order valence-electron chi connectivity index (χ0n) is 8.52. The molecule has 0 rings (SSSR count). The van der Waals surface area contributed by atoms with Gasteiger partial charge in [0.25, 0.3) is 0 Å². The van der Waals surface area contributed by atoms with Crippen molar-refractivity contribution in [2.24, 2.45) is 0 Å². The molecule has 1 radical (unpaired) electrons. The van der Waals surface area contributed by atoms with Gasteiger partial charge in [-0.3, -0.25) is 0 Å². The van der Waals surface area contributed by atoms with Crippen molar-refractivity contribution in [1.29, 1.82) is 0 Å². The van der Waals surface area contributed by atoms with Crippen molar-refractivity contribution in [3.63, 3.8) is 0 Å². The molecular weight excluding hydrogens is 144 g/mol. The maximum absolute atomic E-state index is 3.69. The van der Waals surface area contributed by atoms with E-state index in [0.29, 0.717) is 0 Å². The molecule has 0 aliphatic heterocycles. The lowest BCUT2D eigenvalue weighted by Crippen LogP contribution is -1.80. The van der Waals surface area contributed by atoms with Crippen LogP contribution in [0.1, 0.15) is 58.3 Å². The summed E-state index contributed by atoms with van der Waals surface area (Å²) in [5.41, 5.74) is 0. The molecule has 0 heteroatoms. The van der Waals surface area contributed by atoms with Crippen LogP contribution in [0.5, 0.6) is 0 Å². The number of hydrogen-bond donors (Lipinski definition) is 0. The van der Waals surface area contributed by atoms with E-state index in [1.54, 1.807) is 0 Å². The molecule has 0 aromatic rings. The zero-order chi connectivity index (χ0) is 9.07. The lowest BCUT2D eigenvalue weighted by Gasteiger charge is -1.99. The SMILES string of the molecule is C=CC[CH]CCCCCCCC. The first-order chi connectivity index (χ1) is 5.91. The highest BCUT2D eigenvalue weighted by Gasteiger charge is 1.89. The van der Waals surface area contributed by atoms with Crippen LogP contribution in [0.4, 0.5) is 0 Å². The van der Waals surface area contributed by atoms with Crippen molar-refractivity contribution in [1.82, 2.24) is 0 Å². The number of rotatable bonds is 9. The Hall–Kier alpha value is -0.260. The van der Waals surface area contributed by atoms with Crippen molar-refractivity contribution in [3.05, 3.63) is 19.1 Å². The molecular formula is C12H23. The predicted molar refractivity (Wildman–Crippen MR) is 57.1 cm³/mol. The number of allylic oxidation sites excluding steroid dienone is 1. The molecule has 0 unspecified atom stereocenters. The molecule has 0 aliphatic rings. The average Bonchev–Trinajstić information content (AvgIpc) is 2.10. The Bertz CT molecular complexity index is 84.0. The second-order valence-corrected chi connectivity index (χ2v) is 3.37. The second kappa shape index (κ2) is 10.7. The maximum Gasteiger partial charge on any atom is -0.0322 e. The normalized spacial score (nSPS) is 10.1. The average molecular weight is 167 g/mol. The highest BCUT2D eigenvalue weighted by molar-refractivity contribution is 4.77. The molecule has 0 heterocycles. The van der Waals surface area contributed by atoms with Crippen molar-refractivity contribution in [2.75, 3.05) is 0 Å². The standard InChI is InChI=1S/C12H23/c1-3-5-7-9-11-12-10-8-6-4-2/h3,7H,1,4-6,8-12H2,2H3. The molecule has 0 fully saturated rings. The third-order valence-corrected chi connectivity index (χ3v) is 2.10. The van der Waals surface area contributed by atoms with E-state index in [1.807, 2.05) is 6.08 Å². The van der Waals surface area contributed by atoms with Gasteiger partial charge in [0.1, 0.15) is 0 Å². The molecule has 0 spiro atoms. The molecule has 0 amide bonds. The minimum absolute atomic E-state index is 1.08. The lowest BCUT2D eigenvalue weighted by atomic mass is 10.1. The van der Waals surface area contributed by atoms with E-state index in [9.17, 15) is 0 Å². The Morgan fingerprint density at radius 2 is 1.67 bits per heavy atom. The predicted octanol–water partition coefficient (Wildman–Crippen LogP) is 4.52. The third kappa shape index (κ3) is 9.74. The lowest BCUT2D eigenvalue weighted by molar-refractivity contribution is 0.603. The summed E-state index contributed by atoms with van der Waals surface area (Å²) in [4.78, 5) is 0. The smallest absolute Gasteiger partial charge is 0.0322 e. The molecule has 0 N–H and O–H groups in total. The van der Waals surface area contributed by atoms with Crippen molar-refractivity contribution >= 4 is 0 Å². The number of hydrogen-bond acceptors (Lipinski definition) is 0. The van der Waals surface area contributed by atoms with Crippen LogP contribution in [0, 0.1) is 6.42 Å². The van der Waals surface area contributed by atoms with Crippen molar-refractivity contribution in [2.45, 2.75) is 58.3 Å². The van der Waals surface area contributed by atoms with Gasteiger partial charge in [-0.15, -0.1) is 6.58 Å². The van der Waals surface area contributed by atoms with Gasteiger partial charge in [0.15, 0.2) is 0 Å². The Morgan fingerprint density at radius 1 is 1.00 bits per heavy atom. The zero-order valence-corrected chi connectivity index (χ0v) is 8.52. The van der Waals surface area contributed by atoms with Crippen LogP contribution in [0.2, 0.25) is 0 Å². The minimum atomic E-state index is 1.08. The van der Waals surface area contributed by atoms with Gasteiger partial charge in [0.2, 0.25) is 0 Å². The summed E-state index contributed by atoms with van der Waals surface area (Å²) in [5, 5.41) is 0. The van der Waals surface area contributed by atoms with E-state index in [4.69, 9.17) is 0 Å². The van der Waals surface area contributed by atoms with Gasteiger partial charge in [-0.25, -0.2) is 0 Å². The van der Waals surface area contributed by atoms with Gasteiger partial charge in [0, 0.05) is 0 Å². The number of unbranched alkanes of at least 4 members (excludes halogenated alkanes) is 8. The molecule has 12 heavy (non-hydrogen) atoms. The van der Waals surface area contributed by atoms with Gasteiger partial charge in [-0.05, 0) is 19.3 Å². The Labute approximate surface area is 78.1 Å². The van der Waals surface area contributed by atoms with E-state index >= 15 is 0 Å². The Kier molecular flexibility index (Phi) is 10.5. The molecule has 0 bridgehead atoms. The molecule has 0 aromatic heterocycles. The largest absolute Gasteiger partial charge is 0.103 e. The van der Waals surface area contributed by atoms with Crippen LogP contribution in [0.3, 0.4) is 0 Å². The topological polar surface area (TPSA) is 0 Å². The fourth-order valence-electron chi connectivity index (χ4n) is 1.30. The van der Waals surface area contributed by atoms with Crippen LogP contribution < -0.4 is 0 Å². The van der Waals surface area contributed by atoms with E-state index in [-0.39, 0.29) is 0 Å². The van der Waals surface area contributed by atoms with Gasteiger partial charge < -0.3 is 0 Å². The Balaban J connectivity index is 2.77.